The maximum Gasteiger partial charge on any atom is 0.0450 e. The van der Waals surface area contributed by atoms with E-state index < -0.39 is 0 Å². The van der Waals surface area contributed by atoms with Gasteiger partial charge in [0.25, 0.3) is 0 Å². The van der Waals surface area contributed by atoms with Crippen LogP contribution in [-0.4, -0.2) is 4.98 Å². The van der Waals surface area contributed by atoms with E-state index in [0.29, 0.717) is 0 Å². The highest BCUT2D eigenvalue weighted by Crippen LogP contribution is 2.19. The third-order valence-electron chi connectivity index (χ3n) is 3.01. The zero-order valence-electron chi connectivity index (χ0n) is 10.7. The summed E-state index contributed by atoms with van der Waals surface area (Å²) >= 11 is 6.16. The molecule has 98 valence electrons. The SMILES string of the molecule is C=CCC(NCc1ccccc1Cl)c1ccncc1. The molecule has 1 aromatic heterocycles. The number of hydrogen-bond donors (Lipinski definition) is 1. The van der Waals surface area contributed by atoms with Gasteiger partial charge in [0.2, 0.25) is 0 Å². The van der Waals surface area contributed by atoms with Gasteiger partial charge in [-0.2, -0.15) is 0 Å². The minimum absolute atomic E-state index is 0.233. The second-order valence-corrected chi connectivity index (χ2v) is 4.74. The van der Waals surface area contributed by atoms with E-state index in [9.17, 15) is 0 Å². The van der Waals surface area contributed by atoms with Crippen molar-refractivity contribution in [3.05, 3.63) is 77.6 Å². The van der Waals surface area contributed by atoms with Gasteiger partial charge in [0.05, 0.1) is 0 Å². The van der Waals surface area contributed by atoms with Gasteiger partial charge in [0.15, 0.2) is 0 Å². The first-order valence-corrected chi connectivity index (χ1v) is 6.66. The molecule has 0 aliphatic rings. The molecule has 1 unspecified atom stereocenters. The number of nitrogens with one attached hydrogen (secondary N) is 1. The molecule has 0 spiro atoms. The maximum absolute atomic E-state index is 6.16. The van der Waals surface area contributed by atoms with Crippen LogP contribution >= 0.6 is 11.6 Å². The van der Waals surface area contributed by atoms with Crippen molar-refractivity contribution in [2.75, 3.05) is 0 Å². The smallest absolute Gasteiger partial charge is 0.0450 e. The molecule has 19 heavy (non-hydrogen) atoms. The minimum Gasteiger partial charge on any atom is -0.306 e. The fourth-order valence-corrected chi connectivity index (χ4v) is 2.18. The molecule has 0 saturated carbocycles. The number of aromatic nitrogens is 1. The molecular formula is C16H17ClN2. The van der Waals surface area contributed by atoms with Crippen LogP contribution in [-0.2, 0) is 6.54 Å². The number of pyridine rings is 1. The van der Waals surface area contributed by atoms with E-state index in [2.05, 4.69) is 16.9 Å². The zero-order chi connectivity index (χ0) is 13.5. The average molecular weight is 273 g/mol. The predicted molar refractivity (Wildman–Crippen MR) is 80.1 cm³/mol. The number of benzene rings is 1. The Balaban J connectivity index is 2.06. The number of hydrogen-bond acceptors (Lipinski definition) is 2. The molecule has 0 radical (unpaired) electrons. The maximum atomic E-state index is 6.16. The Morgan fingerprint density at radius 2 is 1.95 bits per heavy atom. The summed E-state index contributed by atoms with van der Waals surface area (Å²) in [6.45, 7) is 4.55. The molecule has 0 fully saturated rings. The topological polar surface area (TPSA) is 24.9 Å². The van der Waals surface area contributed by atoms with E-state index in [0.717, 1.165) is 23.6 Å². The third kappa shape index (κ3) is 3.91. The molecule has 0 bridgehead atoms. The van der Waals surface area contributed by atoms with Gasteiger partial charge in [-0.25, -0.2) is 0 Å². The first-order valence-electron chi connectivity index (χ1n) is 6.29. The van der Waals surface area contributed by atoms with Crippen molar-refractivity contribution in [3.8, 4) is 0 Å². The van der Waals surface area contributed by atoms with Crippen LogP contribution in [0.4, 0.5) is 0 Å². The Morgan fingerprint density at radius 3 is 2.63 bits per heavy atom. The van der Waals surface area contributed by atoms with Gasteiger partial charge in [0, 0.05) is 30.0 Å². The average Bonchev–Trinajstić information content (AvgIpc) is 2.46. The van der Waals surface area contributed by atoms with E-state index in [1.54, 1.807) is 0 Å². The van der Waals surface area contributed by atoms with Crippen LogP contribution in [0.3, 0.4) is 0 Å². The fraction of sp³-hybridized carbons (Fsp3) is 0.188. The summed E-state index contributed by atoms with van der Waals surface area (Å²) in [4.78, 5) is 4.05. The van der Waals surface area contributed by atoms with E-state index in [-0.39, 0.29) is 6.04 Å². The molecule has 1 heterocycles. The summed E-state index contributed by atoms with van der Waals surface area (Å²) in [5, 5.41) is 4.30. The van der Waals surface area contributed by atoms with Crippen molar-refractivity contribution in [3.63, 3.8) is 0 Å². The van der Waals surface area contributed by atoms with Crippen LogP contribution < -0.4 is 5.32 Å². The van der Waals surface area contributed by atoms with Gasteiger partial charge in [-0.1, -0.05) is 35.9 Å². The summed E-state index contributed by atoms with van der Waals surface area (Å²) in [6, 6.07) is 12.2. The van der Waals surface area contributed by atoms with Crippen molar-refractivity contribution in [1.29, 1.82) is 0 Å². The molecule has 0 amide bonds. The lowest BCUT2D eigenvalue weighted by Crippen LogP contribution is -2.20. The number of rotatable bonds is 6. The van der Waals surface area contributed by atoms with Crippen LogP contribution in [0.15, 0.2) is 61.4 Å². The van der Waals surface area contributed by atoms with Gasteiger partial charge in [0.1, 0.15) is 0 Å². The van der Waals surface area contributed by atoms with Gasteiger partial charge < -0.3 is 5.32 Å². The molecule has 0 saturated heterocycles. The lowest BCUT2D eigenvalue weighted by Gasteiger charge is -2.18. The van der Waals surface area contributed by atoms with Gasteiger partial charge in [-0.05, 0) is 35.7 Å². The Bertz CT molecular complexity index is 525. The molecular weight excluding hydrogens is 256 g/mol. The van der Waals surface area contributed by atoms with Crippen molar-refractivity contribution in [1.82, 2.24) is 10.3 Å². The Morgan fingerprint density at radius 1 is 1.21 bits per heavy atom. The standard InChI is InChI=1S/C16H17ClN2/c1-2-5-16(13-8-10-18-11-9-13)19-12-14-6-3-4-7-15(14)17/h2-4,6-11,16,19H,1,5,12H2. The van der Waals surface area contributed by atoms with Crippen LogP contribution in [0, 0.1) is 0 Å². The molecule has 2 rings (SSSR count). The Labute approximate surface area is 119 Å². The first-order chi connectivity index (χ1) is 9.31. The summed E-state index contributed by atoms with van der Waals surface area (Å²) in [5.74, 6) is 0. The minimum atomic E-state index is 0.233. The molecule has 2 aromatic rings. The van der Waals surface area contributed by atoms with E-state index >= 15 is 0 Å². The highest BCUT2D eigenvalue weighted by molar-refractivity contribution is 6.31. The normalized spacial score (nSPS) is 12.1. The Kier molecular flexibility index (Phi) is 5.13. The van der Waals surface area contributed by atoms with Crippen molar-refractivity contribution in [2.24, 2.45) is 0 Å². The van der Waals surface area contributed by atoms with Crippen LogP contribution in [0.1, 0.15) is 23.6 Å². The van der Waals surface area contributed by atoms with Gasteiger partial charge in [-0.15, -0.1) is 6.58 Å². The summed E-state index contributed by atoms with van der Waals surface area (Å²) in [7, 11) is 0. The van der Waals surface area contributed by atoms with Gasteiger partial charge in [-0.3, -0.25) is 4.98 Å². The van der Waals surface area contributed by atoms with Crippen molar-refractivity contribution < 1.29 is 0 Å². The van der Waals surface area contributed by atoms with E-state index in [4.69, 9.17) is 11.6 Å². The third-order valence-corrected chi connectivity index (χ3v) is 3.38. The molecule has 0 aliphatic carbocycles. The quantitative estimate of drug-likeness (QED) is 0.800. The zero-order valence-corrected chi connectivity index (χ0v) is 11.5. The second-order valence-electron chi connectivity index (χ2n) is 4.33. The summed E-state index contributed by atoms with van der Waals surface area (Å²) < 4.78 is 0. The van der Waals surface area contributed by atoms with E-state index in [1.807, 2.05) is 54.9 Å². The lowest BCUT2D eigenvalue weighted by molar-refractivity contribution is 0.538. The lowest BCUT2D eigenvalue weighted by atomic mass is 10.0. The monoisotopic (exact) mass is 272 g/mol. The summed E-state index contributed by atoms with van der Waals surface area (Å²) in [6.07, 6.45) is 6.41. The first kappa shape index (κ1) is 13.8. The number of nitrogens with zero attached hydrogens (tertiary/aromatic N) is 1. The fourth-order valence-electron chi connectivity index (χ4n) is 1.97. The largest absolute Gasteiger partial charge is 0.306 e. The highest BCUT2D eigenvalue weighted by Gasteiger charge is 2.09. The van der Waals surface area contributed by atoms with Gasteiger partial charge >= 0.3 is 0 Å². The molecule has 1 aromatic carbocycles. The highest BCUT2D eigenvalue weighted by atomic mass is 35.5. The predicted octanol–water partition coefficient (Wildman–Crippen LogP) is 4.14. The molecule has 3 heteroatoms. The van der Waals surface area contributed by atoms with Crippen LogP contribution in [0.25, 0.3) is 0 Å². The Hall–Kier alpha value is -1.64. The van der Waals surface area contributed by atoms with Crippen molar-refractivity contribution in [2.45, 2.75) is 19.0 Å². The van der Waals surface area contributed by atoms with E-state index in [1.165, 1.54) is 5.56 Å². The number of halogens is 1. The summed E-state index contributed by atoms with van der Waals surface area (Å²) in [5.41, 5.74) is 2.31. The second kappa shape index (κ2) is 7.07. The molecule has 2 nitrogen and oxygen atoms in total. The van der Waals surface area contributed by atoms with Crippen LogP contribution in [0.2, 0.25) is 5.02 Å². The van der Waals surface area contributed by atoms with Crippen LogP contribution in [0.5, 0.6) is 0 Å². The molecule has 0 aliphatic heterocycles. The molecule has 1 atom stereocenters. The molecule has 1 N–H and O–H groups in total. The van der Waals surface area contributed by atoms with Crippen molar-refractivity contribution >= 4 is 11.6 Å².